The Morgan fingerprint density at radius 3 is 2.40 bits per heavy atom. The predicted octanol–water partition coefficient (Wildman–Crippen LogP) is 0.584. The van der Waals surface area contributed by atoms with Gasteiger partial charge < -0.3 is 24.8 Å². The third-order valence-corrected chi connectivity index (χ3v) is 4.14. The summed E-state index contributed by atoms with van der Waals surface area (Å²) in [6.45, 7) is 0.341. The number of carbonyl (C=O) groups is 3. The Balaban J connectivity index is 2.00. The van der Waals surface area contributed by atoms with Crippen molar-refractivity contribution in [3.05, 3.63) is 23.8 Å². The summed E-state index contributed by atoms with van der Waals surface area (Å²) in [6.07, 6.45) is 1.35. The Hall–Kier alpha value is -2.77. The van der Waals surface area contributed by atoms with Crippen LogP contribution in [0.1, 0.15) is 23.2 Å². The second-order valence-electron chi connectivity index (χ2n) is 5.69. The van der Waals surface area contributed by atoms with Gasteiger partial charge in [0.15, 0.2) is 6.61 Å². The number of primary amides is 1. The van der Waals surface area contributed by atoms with Crippen LogP contribution in [0.25, 0.3) is 0 Å². The summed E-state index contributed by atoms with van der Waals surface area (Å²) in [5, 5.41) is 0. The highest BCUT2D eigenvalue weighted by molar-refractivity contribution is 5.96. The quantitative estimate of drug-likeness (QED) is 0.752. The first-order chi connectivity index (χ1) is 12.0. The molecule has 136 valence electrons. The maximum atomic E-state index is 12.3. The highest BCUT2D eigenvalue weighted by atomic mass is 16.5. The molecule has 25 heavy (non-hydrogen) atoms. The minimum absolute atomic E-state index is 0.119. The fourth-order valence-corrected chi connectivity index (χ4v) is 2.78. The van der Waals surface area contributed by atoms with Crippen LogP contribution < -0.4 is 15.2 Å². The van der Waals surface area contributed by atoms with Crippen molar-refractivity contribution in [3.63, 3.8) is 0 Å². The number of carbonyl (C=O) groups excluding carboxylic acids is 3. The van der Waals surface area contributed by atoms with E-state index in [4.69, 9.17) is 19.9 Å². The number of methoxy groups -OCH3 is 2. The van der Waals surface area contributed by atoms with E-state index in [2.05, 4.69) is 0 Å². The molecule has 1 aromatic rings. The van der Waals surface area contributed by atoms with Gasteiger partial charge in [-0.15, -0.1) is 0 Å². The molecule has 1 fully saturated rings. The van der Waals surface area contributed by atoms with Gasteiger partial charge in [0.25, 0.3) is 5.91 Å². The number of esters is 1. The Labute approximate surface area is 145 Å². The molecule has 1 aliphatic heterocycles. The first-order valence-electron chi connectivity index (χ1n) is 7.93. The first-order valence-corrected chi connectivity index (χ1v) is 7.93. The lowest BCUT2D eigenvalue weighted by atomic mass is 9.97. The summed E-state index contributed by atoms with van der Waals surface area (Å²) in [4.78, 5) is 37.4. The fraction of sp³-hybridized carbons (Fsp3) is 0.471. The summed E-state index contributed by atoms with van der Waals surface area (Å²) in [5.74, 6) is -1.28. The molecule has 0 radical (unpaired) electrons. The van der Waals surface area contributed by atoms with Crippen LogP contribution in [0.5, 0.6) is 11.5 Å². The zero-order chi connectivity index (χ0) is 18.4. The molecule has 0 unspecified atom stereocenters. The van der Waals surface area contributed by atoms with E-state index >= 15 is 0 Å². The van der Waals surface area contributed by atoms with E-state index in [9.17, 15) is 14.4 Å². The van der Waals surface area contributed by atoms with Crippen molar-refractivity contribution in [1.29, 1.82) is 0 Å². The number of rotatable bonds is 6. The first kappa shape index (κ1) is 18.6. The molecule has 0 bridgehead atoms. The molecule has 2 amide bonds. The summed E-state index contributed by atoms with van der Waals surface area (Å²) >= 11 is 0. The summed E-state index contributed by atoms with van der Waals surface area (Å²) in [6, 6.07) is 4.88. The molecule has 2 N–H and O–H groups in total. The molecule has 8 nitrogen and oxygen atoms in total. The van der Waals surface area contributed by atoms with Crippen LogP contribution in [0, 0.1) is 5.92 Å². The van der Waals surface area contributed by atoms with E-state index < -0.39 is 18.5 Å². The van der Waals surface area contributed by atoms with Crippen LogP contribution in [0.2, 0.25) is 0 Å². The van der Waals surface area contributed by atoms with Crippen molar-refractivity contribution >= 4 is 17.8 Å². The molecule has 1 aromatic carbocycles. The third-order valence-electron chi connectivity index (χ3n) is 4.14. The Kier molecular flexibility index (Phi) is 6.21. The van der Waals surface area contributed by atoms with Gasteiger partial charge in [0.05, 0.1) is 20.1 Å². The van der Waals surface area contributed by atoms with Gasteiger partial charge in [-0.05, 0) is 25.0 Å². The largest absolute Gasteiger partial charge is 0.496 e. The van der Waals surface area contributed by atoms with Gasteiger partial charge in [0.2, 0.25) is 5.91 Å². The van der Waals surface area contributed by atoms with E-state index in [1.54, 1.807) is 18.2 Å². The second kappa shape index (κ2) is 8.36. The van der Waals surface area contributed by atoms with Crippen LogP contribution in [-0.2, 0) is 14.3 Å². The summed E-state index contributed by atoms with van der Waals surface area (Å²) < 4.78 is 15.4. The topological polar surface area (TPSA) is 108 Å². The van der Waals surface area contributed by atoms with E-state index in [-0.39, 0.29) is 23.9 Å². The summed E-state index contributed by atoms with van der Waals surface area (Å²) in [7, 11) is 2.85. The molecule has 1 saturated heterocycles. The van der Waals surface area contributed by atoms with Crippen molar-refractivity contribution in [1.82, 2.24) is 4.90 Å². The van der Waals surface area contributed by atoms with E-state index in [0.29, 0.717) is 30.9 Å². The van der Waals surface area contributed by atoms with Gasteiger partial charge in [-0.3, -0.25) is 9.59 Å². The lowest BCUT2D eigenvalue weighted by Crippen LogP contribution is -2.45. The molecule has 0 saturated carbocycles. The van der Waals surface area contributed by atoms with Gasteiger partial charge >= 0.3 is 5.97 Å². The third kappa shape index (κ3) is 4.40. The van der Waals surface area contributed by atoms with Gasteiger partial charge in [0, 0.05) is 13.1 Å². The molecule has 0 aromatic heterocycles. The predicted molar refractivity (Wildman–Crippen MR) is 88.3 cm³/mol. The molecule has 1 aliphatic rings. The average molecular weight is 350 g/mol. The molecular weight excluding hydrogens is 328 g/mol. The van der Waals surface area contributed by atoms with Gasteiger partial charge in [-0.2, -0.15) is 0 Å². The smallest absolute Gasteiger partial charge is 0.346 e. The monoisotopic (exact) mass is 350 g/mol. The lowest BCUT2D eigenvalue weighted by molar-refractivity contribution is -0.137. The van der Waals surface area contributed by atoms with E-state index in [1.165, 1.54) is 19.1 Å². The lowest BCUT2D eigenvalue weighted by Gasteiger charge is -2.31. The highest BCUT2D eigenvalue weighted by Gasteiger charge is 2.28. The number of likely N-dealkylation sites (tertiary alicyclic amines) is 1. The van der Waals surface area contributed by atoms with Crippen LogP contribution in [0.15, 0.2) is 18.2 Å². The number of hydrogen-bond acceptors (Lipinski definition) is 6. The number of ether oxygens (including phenoxy) is 3. The molecule has 8 heteroatoms. The number of piperidine rings is 1. The molecule has 1 atom stereocenters. The maximum absolute atomic E-state index is 12.3. The molecule has 0 spiro atoms. The molecule has 0 aliphatic carbocycles. The minimum Gasteiger partial charge on any atom is -0.496 e. The Morgan fingerprint density at radius 2 is 1.84 bits per heavy atom. The summed E-state index contributed by atoms with van der Waals surface area (Å²) in [5.41, 5.74) is 5.42. The van der Waals surface area contributed by atoms with Gasteiger partial charge in [0.1, 0.15) is 17.1 Å². The molecule has 1 heterocycles. The van der Waals surface area contributed by atoms with Crippen molar-refractivity contribution in [2.45, 2.75) is 12.8 Å². The fourth-order valence-electron chi connectivity index (χ4n) is 2.78. The molecular formula is C17H22N2O6. The van der Waals surface area contributed by atoms with Crippen LogP contribution in [-0.4, -0.2) is 56.6 Å². The second-order valence-corrected chi connectivity index (χ2v) is 5.69. The van der Waals surface area contributed by atoms with E-state index in [0.717, 1.165) is 0 Å². The van der Waals surface area contributed by atoms with Gasteiger partial charge in [-0.1, -0.05) is 6.07 Å². The molecule has 2 rings (SSSR count). The Bertz CT molecular complexity index is 638. The normalized spacial score (nSPS) is 16.9. The standard InChI is InChI=1S/C17H22N2O6/c1-23-12-6-3-7-13(24-2)15(12)17(22)25-10-14(20)19-8-4-5-11(9-19)16(18)21/h3,6-7,11H,4-5,8-10H2,1-2H3,(H2,18,21)/t11-/m1/s1. The van der Waals surface area contributed by atoms with E-state index in [1.807, 2.05) is 0 Å². The van der Waals surface area contributed by atoms with Crippen LogP contribution >= 0.6 is 0 Å². The Morgan fingerprint density at radius 1 is 1.20 bits per heavy atom. The van der Waals surface area contributed by atoms with Crippen molar-refractivity contribution < 1.29 is 28.6 Å². The zero-order valence-corrected chi connectivity index (χ0v) is 14.3. The van der Waals surface area contributed by atoms with Crippen molar-refractivity contribution in [2.24, 2.45) is 11.7 Å². The number of amides is 2. The SMILES string of the molecule is COc1cccc(OC)c1C(=O)OCC(=O)N1CCC[C@@H](C(N)=O)C1. The number of nitrogens with two attached hydrogens (primary N) is 1. The van der Waals surface area contributed by atoms with Crippen LogP contribution in [0.4, 0.5) is 0 Å². The average Bonchev–Trinajstić information content (AvgIpc) is 2.64. The van der Waals surface area contributed by atoms with Crippen LogP contribution in [0.3, 0.4) is 0 Å². The van der Waals surface area contributed by atoms with Crippen molar-refractivity contribution in [3.8, 4) is 11.5 Å². The maximum Gasteiger partial charge on any atom is 0.346 e. The minimum atomic E-state index is -0.717. The highest BCUT2D eigenvalue weighted by Crippen LogP contribution is 2.29. The number of nitrogens with zero attached hydrogens (tertiary/aromatic N) is 1. The van der Waals surface area contributed by atoms with Crippen molar-refractivity contribution in [2.75, 3.05) is 33.9 Å². The zero-order valence-electron chi connectivity index (χ0n) is 14.3. The number of hydrogen-bond donors (Lipinski definition) is 1. The number of benzene rings is 1. The van der Waals surface area contributed by atoms with Gasteiger partial charge in [-0.25, -0.2) is 4.79 Å².